The molecule has 0 spiro atoms. The van der Waals surface area contributed by atoms with Crippen molar-refractivity contribution in [3.63, 3.8) is 0 Å². The van der Waals surface area contributed by atoms with Crippen molar-refractivity contribution in [1.29, 1.82) is 0 Å². The molecule has 0 heterocycles. The fraction of sp³-hybridized carbons (Fsp3) is 0.235. The molecule has 0 aromatic heterocycles. The Morgan fingerprint density at radius 2 is 1.73 bits per heavy atom. The zero-order chi connectivity index (χ0) is 19.4. The van der Waals surface area contributed by atoms with Gasteiger partial charge in [-0.05, 0) is 37.3 Å². The molecule has 0 saturated heterocycles. The first kappa shape index (κ1) is 19.8. The first-order valence-electron chi connectivity index (χ1n) is 7.68. The first-order valence-corrected chi connectivity index (χ1v) is 9.12. The largest absolute Gasteiger partial charge is 0.416 e. The normalized spacial score (nSPS) is 11.8. The minimum absolute atomic E-state index is 0.123. The summed E-state index contributed by atoms with van der Waals surface area (Å²) in [5, 5.41) is 2.45. The lowest BCUT2D eigenvalue weighted by atomic mass is 10.2. The lowest BCUT2D eigenvalue weighted by molar-refractivity contribution is -0.137. The first-order chi connectivity index (χ1) is 12.2. The quantitative estimate of drug-likeness (QED) is 0.830. The Balaban J connectivity index is 2.54. The number of carbonyl (C=O) groups excluding carboxylic acids is 1. The van der Waals surface area contributed by atoms with Gasteiger partial charge in [0.15, 0.2) is 0 Å². The van der Waals surface area contributed by atoms with Crippen LogP contribution < -0.4 is 9.62 Å². The third kappa shape index (κ3) is 4.54. The third-order valence-electron chi connectivity index (χ3n) is 3.45. The molecule has 9 heteroatoms. The van der Waals surface area contributed by atoms with Crippen molar-refractivity contribution in [2.45, 2.75) is 18.0 Å². The van der Waals surface area contributed by atoms with Gasteiger partial charge in [-0.1, -0.05) is 24.3 Å². The van der Waals surface area contributed by atoms with Crippen LogP contribution in [0, 0.1) is 0 Å². The number of nitrogens with zero attached hydrogens (tertiary/aromatic N) is 1. The molecule has 26 heavy (non-hydrogen) atoms. The maximum Gasteiger partial charge on any atom is 0.416 e. The van der Waals surface area contributed by atoms with Gasteiger partial charge in [-0.25, -0.2) is 8.42 Å². The smallest absolute Gasteiger partial charge is 0.355 e. The van der Waals surface area contributed by atoms with E-state index in [0.717, 1.165) is 12.1 Å². The van der Waals surface area contributed by atoms with E-state index in [0.29, 0.717) is 10.4 Å². The Labute approximate surface area is 149 Å². The van der Waals surface area contributed by atoms with Gasteiger partial charge in [-0.2, -0.15) is 13.2 Å². The minimum Gasteiger partial charge on any atom is -0.355 e. The number of benzene rings is 2. The minimum atomic E-state index is -4.64. The molecule has 0 fully saturated rings. The van der Waals surface area contributed by atoms with Gasteiger partial charge in [0.2, 0.25) is 5.91 Å². The van der Waals surface area contributed by atoms with E-state index < -0.39 is 34.2 Å². The highest BCUT2D eigenvalue weighted by Gasteiger charge is 2.33. The Kier molecular flexibility index (Phi) is 5.91. The van der Waals surface area contributed by atoms with E-state index in [9.17, 15) is 26.4 Å². The van der Waals surface area contributed by atoms with Crippen LogP contribution in [0.3, 0.4) is 0 Å². The van der Waals surface area contributed by atoms with Crippen molar-refractivity contribution in [2.24, 2.45) is 0 Å². The summed E-state index contributed by atoms with van der Waals surface area (Å²) >= 11 is 0. The van der Waals surface area contributed by atoms with E-state index in [1.54, 1.807) is 13.0 Å². The molecule has 1 N–H and O–H groups in total. The number of halogens is 3. The van der Waals surface area contributed by atoms with Crippen molar-refractivity contribution in [2.75, 3.05) is 17.4 Å². The van der Waals surface area contributed by atoms with Crippen LogP contribution in [0.1, 0.15) is 12.5 Å². The predicted molar refractivity (Wildman–Crippen MR) is 91.1 cm³/mol. The van der Waals surface area contributed by atoms with E-state index in [-0.39, 0.29) is 17.1 Å². The van der Waals surface area contributed by atoms with Crippen molar-refractivity contribution >= 4 is 21.6 Å². The molecule has 140 valence electrons. The zero-order valence-electron chi connectivity index (χ0n) is 13.8. The molecule has 0 aliphatic rings. The molecular formula is C17H17F3N2O3S. The van der Waals surface area contributed by atoms with Crippen LogP contribution in [0.25, 0.3) is 0 Å². The summed E-state index contributed by atoms with van der Waals surface area (Å²) in [6.07, 6.45) is -4.64. The molecule has 2 aromatic carbocycles. The average Bonchev–Trinajstić information content (AvgIpc) is 2.60. The van der Waals surface area contributed by atoms with Crippen LogP contribution in [0.2, 0.25) is 0 Å². The van der Waals surface area contributed by atoms with Gasteiger partial charge in [0.1, 0.15) is 6.54 Å². The third-order valence-corrected chi connectivity index (χ3v) is 5.24. The Morgan fingerprint density at radius 1 is 1.08 bits per heavy atom. The second-order valence-corrected chi connectivity index (χ2v) is 7.19. The average molecular weight is 386 g/mol. The topological polar surface area (TPSA) is 66.5 Å². The fourth-order valence-corrected chi connectivity index (χ4v) is 3.69. The van der Waals surface area contributed by atoms with Crippen LogP contribution >= 0.6 is 0 Å². The summed E-state index contributed by atoms with van der Waals surface area (Å²) < 4.78 is 65.4. The van der Waals surface area contributed by atoms with Crippen molar-refractivity contribution in [3.05, 3.63) is 60.2 Å². The van der Waals surface area contributed by atoms with Gasteiger partial charge < -0.3 is 5.32 Å². The second-order valence-electron chi connectivity index (χ2n) is 5.33. The summed E-state index contributed by atoms with van der Waals surface area (Å²) in [4.78, 5) is 11.8. The van der Waals surface area contributed by atoms with E-state index in [2.05, 4.69) is 5.32 Å². The van der Waals surface area contributed by atoms with Crippen molar-refractivity contribution in [1.82, 2.24) is 5.32 Å². The van der Waals surface area contributed by atoms with Gasteiger partial charge in [0.05, 0.1) is 16.1 Å². The molecule has 0 unspecified atom stereocenters. The molecule has 0 aliphatic carbocycles. The van der Waals surface area contributed by atoms with E-state index in [1.165, 1.54) is 30.3 Å². The second kappa shape index (κ2) is 7.77. The lowest BCUT2D eigenvalue weighted by Gasteiger charge is -2.24. The zero-order valence-corrected chi connectivity index (χ0v) is 14.6. The lowest BCUT2D eigenvalue weighted by Crippen LogP contribution is -2.40. The van der Waals surface area contributed by atoms with Crippen molar-refractivity contribution in [3.8, 4) is 0 Å². The number of hydrogen-bond donors (Lipinski definition) is 1. The molecule has 0 saturated carbocycles. The Bertz CT molecular complexity index is 868. The predicted octanol–water partition coefficient (Wildman–Crippen LogP) is 3.04. The highest BCUT2D eigenvalue weighted by atomic mass is 32.2. The summed E-state index contributed by atoms with van der Waals surface area (Å²) in [5.74, 6) is -0.621. The van der Waals surface area contributed by atoms with Crippen LogP contribution in [0.4, 0.5) is 18.9 Å². The van der Waals surface area contributed by atoms with Gasteiger partial charge in [0, 0.05) is 6.54 Å². The van der Waals surface area contributed by atoms with Crippen LogP contribution in [0.5, 0.6) is 0 Å². The van der Waals surface area contributed by atoms with Crippen LogP contribution in [-0.4, -0.2) is 27.4 Å². The molecule has 2 aromatic rings. The number of rotatable bonds is 6. The van der Waals surface area contributed by atoms with Gasteiger partial charge in [-0.15, -0.1) is 0 Å². The van der Waals surface area contributed by atoms with Gasteiger partial charge in [-0.3, -0.25) is 9.10 Å². The molecular weight excluding hydrogens is 369 g/mol. The summed E-state index contributed by atoms with van der Waals surface area (Å²) in [5.41, 5.74) is -1.24. The number of carbonyl (C=O) groups is 1. The molecule has 1 amide bonds. The molecule has 2 rings (SSSR count). The van der Waals surface area contributed by atoms with E-state index >= 15 is 0 Å². The standard InChI is InChI=1S/C17H17F3N2O3S/c1-2-21-16(23)12-22(26(24,25)15-9-4-3-5-10-15)14-8-6-7-13(11-14)17(18,19)20/h3-11H,2,12H2,1H3,(H,21,23). The number of nitrogens with one attached hydrogen (secondary N) is 1. The number of anilines is 1. The maximum absolute atomic E-state index is 13.0. The monoisotopic (exact) mass is 386 g/mol. The summed E-state index contributed by atoms with van der Waals surface area (Å²) in [6, 6.07) is 11.1. The number of alkyl halides is 3. The number of sulfonamides is 1. The highest BCUT2D eigenvalue weighted by molar-refractivity contribution is 7.92. The Hall–Kier alpha value is -2.55. The van der Waals surface area contributed by atoms with Crippen LogP contribution in [0.15, 0.2) is 59.5 Å². The van der Waals surface area contributed by atoms with Crippen LogP contribution in [-0.2, 0) is 21.0 Å². The summed E-state index contributed by atoms with van der Waals surface area (Å²) in [6.45, 7) is 1.28. The summed E-state index contributed by atoms with van der Waals surface area (Å²) in [7, 11) is -4.22. The molecule has 0 radical (unpaired) electrons. The molecule has 0 bridgehead atoms. The SMILES string of the molecule is CCNC(=O)CN(c1cccc(C(F)(F)F)c1)S(=O)(=O)c1ccccc1. The van der Waals surface area contributed by atoms with E-state index in [1.807, 2.05) is 0 Å². The number of hydrogen-bond acceptors (Lipinski definition) is 3. The van der Waals surface area contributed by atoms with Crippen molar-refractivity contribution < 1.29 is 26.4 Å². The molecule has 0 atom stereocenters. The number of likely N-dealkylation sites (N-methyl/N-ethyl adjacent to an activating group) is 1. The molecule has 0 aliphatic heterocycles. The Morgan fingerprint density at radius 3 is 2.31 bits per heavy atom. The maximum atomic E-state index is 13.0. The van der Waals surface area contributed by atoms with Gasteiger partial charge in [0.25, 0.3) is 10.0 Å². The van der Waals surface area contributed by atoms with Gasteiger partial charge >= 0.3 is 6.18 Å². The van der Waals surface area contributed by atoms with E-state index in [4.69, 9.17) is 0 Å². The fourth-order valence-electron chi connectivity index (χ4n) is 2.26. The highest BCUT2D eigenvalue weighted by Crippen LogP contribution is 2.33. The molecule has 5 nitrogen and oxygen atoms in total. The number of amides is 1.